The number of likely N-dealkylation sites (tertiary alicyclic amines) is 1. The normalized spacial score (nSPS) is 23.3. The predicted octanol–water partition coefficient (Wildman–Crippen LogP) is 4.21. The quantitative estimate of drug-likeness (QED) is 0.655. The lowest BCUT2D eigenvalue weighted by Gasteiger charge is -2.32. The van der Waals surface area contributed by atoms with E-state index in [4.69, 9.17) is 4.74 Å². The molecule has 3 aliphatic rings. The molecular formula is C27H28FN3O3. The van der Waals surface area contributed by atoms with Gasteiger partial charge >= 0.3 is 0 Å². The number of hydrogen-bond donors (Lipinski definition) is 2. The predicted molar refractivity (Wildman–Crippen MR) is 130 cm³/mol. The van der Waals surface area contributed by atoms with Gasteiger partial charge in [-0.05, 0) is 62.9 Å². The molecule has 0 bridgehead atoms. The number of carbonyl (C=O) groups excluding carboxylic acids is 2. The summed E-state index contributed by atoms with van der Waals surface area (Å²) in [6.45, 7) is 1.67. The number of hydrogen-bond acceptors (Lipinski definition) is 4. The van der Waals surface area contributed by atoms with Gasteiger partial charge in [0.2, 0.25) is 0 Å². The second kappa shape index (κ2) is 9.43. The van der Waals surface area contributed by atoms with E-state index < -0.39 is 5.82 Å². The fourth-order valence-electron chi connectivity index (χ4n) is 4.87. The summed E-state index contributed by atoms with van der Waals surface area (Å²) in [5.74, 6) is -0.183. The first-order chi connectivity index (χ1) is 16.5. The third-order valence-electron chi connectivity index (χ3n) is 6.79. The van der Waals surface area contributed by atoms with E-state index in [9.17, 15) is 14.0 Å². The lowest BCUT2D eigenvalue weighted by Crippen LogP contribution is -2.44. The van der Waals surface area contributed by atoms with E-state index in [1.165, 1.54) is 25.0 Å². The standard InChI is InChI=1S/C27H28FN3O3/c1-31-13-5-4-6-18(31)16-29-26(32)21-8-3-2-7-20(21)25-12-10-19(34-25)15-23-22-14-17(28)9-11-24(22)30-27(23)33/h2-3,7-9,11-12,14-15,18-19H,4-6,10,13,16H2,1H3,(H,29,32)(H,30,33)/b23-15+. The third-order valence-corrected chi connectivity index (χ3v) is 6.79. The van der Waals surface area contributed by atoms with Crippen LogP contribution in [-0.2, 0) is 9.53 Å². The number of ether oxygens (including phenoxy) is 1. The molecule has 5 rings (SSSR count). The van der Waals surface area contributed by atoms with Crippen LogP contribution in [0.4, 0.5) is 10.1 Å². The summed E-state index contributed by atoms with van der Waals surface area (Å²) in [5, 5.41) is 5.85. The van der Waals surface area contributed by atoms with Crippen LogP contribution < -0.4 is 10.6 Å². The zero-order valence-corrected chi connectivity index (χ0v) is 19.1. The first-order valence-electron chi connectivity index (χ1n) is 11.8. The highest BCUT2D eigenvalue weighted by molar-refractivity contribution is 6.31. The highest BCUT2D eigenvalue weighted by Crippen LogP contribution is 2.35. The van der Waals surface area contributed by atoms with Crippen molar-refractivity contribution in [2.45, 2.75) is 37.8 Å². The maximum atomic E-state index is 13.7. The van der Waals surface area contributed by atoms with Crippen molar-refractivity contribution in [2.75, 3.05) is 25.5 Å². The molecule has 0 saturated carbocycles. The minimum atomic E-state index is -0.397. The lowest BCUT2D eigenvalue weighted by atomic mass is 10.0. The van der Waals surface area contributed by atoms with Crippen LogP contribution in [-0.4, -0.2) is 49.0 Å². The van der Waals surface area contributed by atoms with Gasteiger partial charge in [-0.1, -0.05) is 24.6 Å². The fourth-order valence-corrected chi connectivity index (χ4v) is 4.87. The van der Waals surface area contributed by atoms with E-state index in [1.807, 2.05) is 24.3 Å². The van der Waals surface area contributed by atoms with E-state index in [1.54, 1.807) is 18.2 Å². The second-order valence-corrected chi connectivity index (χ2v) is 9.07. The first-order valence-corrected chi connectivity index (χ1v) is 11.8. The molecule has 6 nitrogen and oxygen atoms in total. The molecule has 0 aromatic heterocycles. The molecule has 2 amide bonds. The van der Waals surface area contributed by atoms with Gasteiger partial charge in [-0.15, -0.1) is 0 Å². The smallest absolute Gasteiger partial charge is 0.256 e. The molecule has 0 radical (unpaired) electrons. The minimum absolute atomic E-state index is 0.125. The molecule has 7 heteroatoms. The van der Waals surface area contributed by atoms with Gasteiger partial charge in [-0.3, -0.25) is 9.59 Å². The van der Waals surface area contributed by atoms with Gasteiger partial charge in [0.05, 0.1) is 5.56 Å². The van der Waals surface area contributed by atoms with Gasteiger partial charge in [0.25, 0.3) is 11.8 Å². The number of rotatable bonds is 5. The first kappa shape index (κ1) is 22.3. The Hall–Kier alpha value is -3.45. The molecule has 3 heterocycles. The molecule has 2 aromatic carbocycles. The molecule has 2 N–H and O–H groups in total. The van der Waals surface area contributed by atoms with Crippen LogP contribution in [0.25, 0.3) is 11.3 Å². The molecule has 1 saturated heterocycles. The van der Waals surface area contributed by atoms with Crippen molar-refractivity contribution in [2.24, 2.45) is 0 Å². The summed E-state index contributed by atoms with van der Waals surface area (Å²) < 4.78 is 19.9. The Balaban J connectivity index is 1.29. The van der Waals surface area contributed by atoms with Crippen LogP contribution in [0.5, 0.6) is 0 Å². The van der Waals surface area contributed by atoms with Crippen LogP contribution in [0.3, 0.4) is 0 Å². The average Bonchev–Trinajstić information content (AvgIpc) is 3.43. The summed E-state index contributed by atoms with van der Waals surface area (Å²) in [5.41, 5.74) is 2.81. The van der Waals surface area contributed by atoms with Crippen molar-refractivity contribution in [1.82, 2.24) is 10.2 Å². The number of nitrogens with zero attached hydrogens (tertiary/aromatic N) is 1. The molecule has 34 heavy (non-hydrogen) atoms. The third kappa shape index (κ3) is 4.48. The van der Waals surface area contributed by atoms with E-state index in [2.05, 4.69) is 22.6 Å². The van der Waals surface area contributed by atoms with E-state index >= 15 is 0 Å². The Bertz CT molecular complexity index is 1190. The van der Waals surface area contributed by atoms with E-state index in [0.717, 1.165) is 18.5 Å². The number of benzene rings is 2. The van der Waals surface area contributed by atoms with Gasteiger partial charge < -0.3 is 20.3 Å². The molecule has 176 valence electrons. The number of anilines is 1. The SMILES string of the molecule is CN1CCCCC1CNC(=O)c1ccccc1C1=CCC(/C=C2/C(=O)Nc3ccc(F)cc32)O1. The molecule has 2 unspecified atom stereocenters. The number of amides is 2. The number of nitrogens with one attached hydrogen (secondary N) is 2. The number of halogens is 1. The Morgan fingerprint density at radius 2 is 2.09 bits per heavy atom. The molecule has 0 aliphatic carbocycles. The highest BCUT2D eigenvalue weighted by Gasteiger charge is 2.28. The van der Waals surface area contributed by atoms with Crippen LogP contribution >= 0.6 is 0 Å². The summed E-state index contributed by atoms with van der Waals surface area (Å²) in [4.78, 5) is 27.8. The van der Waals surface area contributed by atoms with Gasteiger partial charge in [0, 0.05) is 41.4 Å². The second-order valence-electron chi connectivity index (χ2n) is 9.07. The Kier molecular flexibility index (Phi) is 6.20. The molecule has 1 fully saturated rings. The van der Waals surface area contributed by atoms with E-state index in [-0.39, 0.29) is 17.9 Å². The number of piperidine rings is 1. The average molecular weight is 462 g/mol. The topological polar surface area (TPSA) is 70.7 Å². The maximum absolute atomic E-state index is 13.7. The lowest BCUT2D eigenvalue weighted by molar-refractivity contribution is -0.110. The Morgan fingerprint density at radius 1 is 1.24 bits per heavy atom. The van der Waals surface area contributed by atoms with Crippen LogP contribution in [0.15, 0.2) is 54.6 Å². The molecular weight excluding hydrogens is 433 g/mol. The summed E-state index contributed by atoms with van der Waals surface area (Å²) in [6, 6.07) is 12.0. The highest BCUT2D eigenvalue weighted by atomic mass is 19.1. The summed E-state index contributed by atoms with van der Waals surface area (Å²) >= 11 is 0. The molecule has 2 aromatic rings. The van der Waals surface area contributed by atoms with Gasteiger partial charge in [0.15, 0.2) is 0 Å². The minimum Gasteiger partial charge on any atom is -0.486 e. The fraction of sp³-hybridized carbons (Fsp3) is 0.333. The van der Waals surface area contributed by atoms with E-state index in [0.29, 0.717) is 47.2 Å². The van der Waals surface area contributed by atoms with Crippen molar-refractivity contribution in [3.05, 3.63) is 77.1 Å². The number of carbonyl (C=O) groups is 2. The Labute approximate surface area is 198 Å². The largest absolute Gasteiger partial charge is 0.486 e. The number of fused-ring (bicyclic) bond motifs is 1. The van der Waals surface area contributed by atoms with Crippen molar-refractivity contribution >= 4 is 28.8 Å². The number of likely N-dealkylation sites (N-methyl/N-ethyl adjacent to an activating group) is 1. The molecule has 0 spiro atoms. The maximum Gasteiger partial charge on any atom is 0.256 e. The van der Waals surface area contributed by atoms with Crippen molar-refractivity contribution in [3.63, 3.8) is 0 Å². The zero-order valence-electron chi connectivity index (χ0n) is 19.1. The van der Waals surface area contributed by atoms with Crippen LogP contribution in [0.2, 0.25) is 0 Å². The monoisotopic (exact) mass is 461 g/mol. The summed E-state index contributed by atoms with van der Waals surface area (Å²) in [6.07, 6.45) is 7.32. The molecule has 3 aliphatic heterocycles. The van der Waals surface area contributed by atoms with Crippen molar-refractivity contribution in [3.8, 4) is 0 Å². The van der Waals surface area contributed by atoms with Gasteiger partial charge in [-0.2, -0.15) is 0 Å². The molecule has 2 atom stereocenters. The van der Waals surface area contributed by atoms with Crippen molar-refractivity contribution < 1.29 is 18.7 Å². The zero-order chi connectivity index (χ0) is 23.7. The van der Waals surface area contributed by atoms with Gasteiger partial charge in [0.1, 0.15) is 17.7 Å². The Morgan fingerprint density at radius 3 is 2.94 bits per heavy atom. The summed E-state index contributed by atoms with van der Waals surface area (Å²) in [7, 11) is 2.10. The van der Waals surface area contributed by atoms with Crippen LogP contribution in [0.1, 0.15) is 47.2 Å². The van der Waals surface area contributed by atoms with Crippen LogP contribution in [0, 0.1) is 5.82 Å². The van der Waals surface area contributed by atoms with Gasteiger partial charge in [-0.25, -0.2) is 4.39 Å². The van der Waals surface area contributed by atoms with Crippen molar-refractivity contribution in [1.29, 1.82) is 0 Å².